The molecule has 1 N–H and O–H groups in total. The quantitative estimate of drug-likeness (QED) is 0.746. The summed E-state index contributed by atoms with van der Waals surface area (Å²) in [5.41, 5.74) is 0.523. The zero-order valence-electron chi connectivity index (χ0n) is 12.7. The maximum atomic E-state index is 3.66. The van der Waals surface area contributed by atoms with Crippen LogP contribution in [0.3, 0.4) is 0 Å². The van der Waals surface area contributed by atoms with Crippen LogP contribution in [0, 0.1) is 23.2 Å². The molecular weight excluding hydrogens is 206 g/mol. The maximum absolute atomic E-state index is 3.66. The summed E-state index contributed by atoms with van der Waals surface area (Å²) in [4.78, 5) is 0. The van der Waals surface area contributed by atoms with Crippen LogP contribution >= 0.6 is 0 Å². The van der Waals surface area contributed by atoms with Gasteiger partial charge in [-0.05, 0) is 61.9 Å². The maximum Gasteiger partial charge on any atom is -0.00204 e. The third-order valence-corrected chi connectivity index (χ3v) is 4.69. The molecule has 102 valence electrons. The summed E-state index contributed by atoms with van der Waals surface area (Å²) in [5.74, 6) is 2.73. The van der Waals surface area contributed by atoms with Crippen molar-refractivity contribution < 1.29 is 0 Å². The molecule has 0 saturated heterocycles. The van der Waals surface area contributed by atoms with Gasteiger partial charge in [0.05, 0.1) is 0 Å². The Morgan fingerprint density at radius 2 is 1.71 bits per heavy atom. The molecule has 1 aliphatic rings. The first-order valence-electron chi connectivity index (χ1n) is 7.64. The van der Waals surface area contributed by atoms with Crippen LogP contribution in [0.2, 0.25) is 0 Å². The van der Waals surface area contributed by atoms with Crippen molar-refractivity contribution in [2.24, 2.45) is 23.2 Å². The third kappa shape index (κ3) is 5.42. The molecule has 1 aliphatic carbocycles. The van der Waals surface area contributed by atoms with Gasteiger partial charge in [-0.1, -0.05) is 41.0 Å². The van der Waals surface area contributed by atoms with E-state index < -0.39 is 0 Å². The molecule has 0 heterocycles. The average Bonchev–Trinajstić information content (AvgIpc) is 2.28. The summed E-state index contributed by atoms with van der Waals surface area (Å²) in [7, 11) is 0. The highest BCUT2D eigenvalue weighted by Gasteiger charge is 2.29. The lowest BCUT2D eigenvalue weighted by molar-refractivity contribution is 0.148. The van der Waals surface area contributed by atoms with Gasteiger partial charge in [-0.15, -0.1) is 0 Å². The Labute approximate surface area is 109 Å². The van der Waals surface area contributed by atoms with E-state index in [1.54, 1.807) is 0 Å². The summed E-state index contributed by atoms with van der Waals surface area (Å²) < 4.78 is 0. The minimum atomic E-state index is 0.523. The molecule has 17 heavy (non-hydrogen) atoms. The predicted octanol–water partition coefficient (Wildman–Crippen LogP) is 4.47. The molecule has 1 heteroatoms. The molecule has 0 aromatic heterocycles. The minimum absolute atomic E-state index is 0.523. The van der Waals surface area contributed by atoms with Gasteiger partial charge in [-0.2, -0.15) is 0 Å². The summed E-state index contributed by atoms with van der Waals surface area (Å²) in [5, 5.41) is 3.66. The first-order valence-corrected chi connectivity index (χ1v) is 7.64. The van der Waals surface area contributed by atoms with Crippen molar-refractivity contribution in [1.82, 2.24) is 5.32 Å². The van der Waals surface area contributed by atoms with E-state index in [9.17, 15) is 0 Å². The normalized spacial score (nSPS) is 28.1. The minimum Gasteiger partial charge on any atom is -0.316 e. The highest BCUT2D eigenvalue weighted by atomic mass is 14.9. The van der Waals surface area contributed by atoms with E-state index in [4.69, 9.17) is 0 Å². The topological polar surface area (TPSA) is 12.0 Å². The number of rotatable bonds is 5. The van der Waals surface area contributed by atoms with E-state index in [1.165, 1.54) is 45.2 Å². The zero-order chi connectivity index (χ0) is 12.9. The SMILES string of the molecule is CCC(C)CNCC1CCC(C(C)(C)C)CC1. The van der Waals surface area contributed by atoms with Gasteiger partial charge in [0.25, 0.3) is 0 Å². The standard InChI is InChI=1S/C16H33N/c1-6-13(2)11-17-12-14-7-9-15(10-8-14)16(3,4)5/h13-15,17H,6-12H2,1-5H3. The average molecular weight is 239 g/mol. The lowest BCUT2D eigenvalue weighted by Gasteiger charge is -2.37. The lowest BCUT2D eigenvalue weighted by Crippen LogP contribution is -2.32. The monoisotopic (exact) mass is 239 g/mol. The largest absolute Gasteiger partial charge is 0.316 e. The van der Waals surface area contributed by atoms with Crippen molar-refractivity contribution in [1.29, 1.82) is 0 Å². The van der Waals surface area contributed by atoms with Crippen LogP contribution in [0.5, 0.6) is 0 Å². The third-order valence-electron chi connectivity index (χ3n) is 4.69. The molecule has 0 bridgehead atoms. The fraction of sp³-hybridized carbons (Fsp3) is 1.00. The Morgan fingerprint density at radius 1 is 1.12 bits per heavy atom. The second-order valence-electron chi connectivity index (χ2n) is 7.26. The summed E-state index contributed by atoms with van der Waals surface area (Å²) in [6, 6.07) is 0. The molecule has 1 fully saturated rings. The van der Waals surface area contributed by atoms with E-state index in [0.717, 1.165) is 17.8 Å². The molecule has 1 rings (SSSR count). The van der Waals surface area contributed by atoms with Crippen LogP contribution in [0.1, 0.15) is 66.7 Å². The van der Waals surface area contributed by atoms with E-state index in [-0.39, 0.29) is 0 Å². The van der Waals surface area contributed by atoms with Gasteiger partial charge in [-0.3, -0.25) is 0 Å². The lowest BCUT2D eigenvalue weighted by atomic mass is 9.70. The summed E-state index contributed by atoms with van der Waals surface area (Å²) in [6.45, 7) is 14.3. The van der Waals surface area contributed by atoms with Gasteiger partial charge in [0.15, 0.2) is 0 Å². The Bertz CT molecular complexity index is 196. The zero-order valence-corrected chi connectivity index (χ0v) is 12.7. The predicted molar refractivity (Wildman–Crippen MR) is 77.2 cm³/mol. The molecule has 0 spiro atoms. The van der Waals surface area contributed by atoms with Crippen LogP contribution in [-0.2, 0) is 0 Å². The van der Waals surface area contributed by atoms with Gasteiger partial charge >= 0.3 is 0 Å². The molecule has 0 aromatic rings. The molecule has 0 aromatic carbocycles. The van der Waals surface area contributed by atoms with Crippen molar-refractivity contribution in [2.45, 2.75) is 66.7 Å². The molecule has 0 radical (unpaired) electrons. The molecule has 1 saturated carbocycles. The number of nitrogens with one attached hydrogen (secondary N) is 1. The van der Waals surface area contributed by atoms with Gasteiger partial charge in [-0.25, -0.2) is 0 Å². The second kappa shape index (κ2) is 6.78. The Kier molecular flexibility index (Phi) is 5.99. The van der Waals surface area contributed by atoms with Gasteiger partial charge in [0, 0.05) is 0 Å². The fourth-order valence-corrected chi connectivity index (χ4v) is 2.91. The number of hydrogen-bond donors (Lipinski definition) is 1. The van der Waals surface area contributed by atoms with E-state index in [0.29, 0.717) is 5.41 Å². The highest BCUT2D eigenvalue weighted by Crippen LogP contribution is 2.39. The first kappa shape index (κ1) is 15.0. The van der Waals surface area contributed by atoms with E-state index in [1.807, 2.05) is 0 Å². The Balaban J connectivity index is 2.15. The van der Waals surface area contributed by atoms with Crippen molar-refractivity contribution in [3.63, 3.8) is 0 Å². The molecule has 0 aliphatic heterocycles. The Hall–Kier alpha value is -0.0400. The molecule has 1 atom stereocenters. The van der Waals surface area contributed by atoms with Crippen molar-refractivity contribution >= 4 is 0 Å². The first-order chi connectivity index (χ1) is 7.93. The van der Waals surface area contributed by atoms with Gasteiger partial charge < -0.3 is 5.32 Å². The van der Waals surface area contributed by atoms with Crippen LogP contribution in [-0.4, -0.2) is 13.1 Å². The molecule has 1 nitrogen and oxygen atoms in total. The summed E-state index contributed by atoms with van der Waals surface area (Å²) in [6.07, 6.45) is 7.06. The van der Waals surface area contributed by atoms with E-state index in [2.05, 4.69) is 39.9 Å². The van der Waals surface area contributed by atoms with Crippen molar-refractivity contribution in [2.75, 3.05) is 13.1 Å². The fourth-order valence-electron chi connectivity index (χ4n) is 2.91. The summed E-state index contributed by atoms with van der Waals surface area (Å²) >= 11 is 0. The Morgan fingerprint density at radius 3 is 2.18 bits per heavy atom. The highest BCUT2D eigenvalue weighted by molar-refractivity contribution is 4.81. The smallest absolute Gasteiger partial charge is 0.00204 e. The van der Waals surface area contributed by atoms with Gasteiger partial charge in [0.1, 0.15) is 0 Å². The van der Waals surface area contributed by atoms with Crippen molar-refractivity contribution in [3.8, 4) is 0 Å². The molecule has 1 unspecified atom stereocenters. The van der Waals surface area contributed by atoms with E-state index >= 15 is 0 Å². The molecular formula is C16H33N. The van der Waals surface area contributed by atoms with Crippen LogP contribution < -0.4 is 5.32 Å². The molecule has 0 amide bonds. The second-order valence-corrected chi connectivity index (χ2v) is 7.26. The number of hydrogen-bond acceptors (Lipinski definition) is 1. The van der Waals surface area contributed by atoms with Crippen LogP contribution in [0.4, 0.5) is 0 Å². The van der Waals surface area contributed by atoms with Crippen LogP contribution in [0.25, 0.3) is 0 Å². The van der Waals surface area contributed by atoms with Gasteiger partial charge in [0.2, 0.25) is 0 Å². The van der Waals surface area contributed by atoms with Crippen LogP contribution in [0.15, 0.2) is 0 Å². The van der Waals surface area contributed by atoms with Crippen molar-refractivity contribution in [3.05, 3.63) is 0 Å².